The minimum Gasteiger partial charge on any atom is -0.293 e. The van der Waals surface area contributed by atoms with Crippen molar-refractivity contribution in [2.24, 2.45) is 0 Å². The van der Waals surface area contributed by atoms with Crippen molar-refractivity contribution in [1.82, 2.24) is 0 Å². The monoisotopic (exact) mass is 383 g/mol. The number of benzene rings is 3. The Morgan fingerprint density at radius 2 is 1.34 bits per heavy atom. The molecule has 6 rings (SSSR count). The van der Waals surface area contributed by atoms with E-state index in [9.17, 15) is 0 Å². The van der Waals surface area contributed by atoms with Crippen LogP contribution in [0.4, 0.5) is 5.69 Å². The van der Waals surface area contributed by atoms with Crippen molar-refractivity contribution in [1.29, 1.82) is 0 Å². The molecule has 0 amide bonds. The van der Waals surface area contributed by atoms with E-state index in [1.807, 2.05) is 0 Å². The Balaban J connectivity index is 1.55. The molecular formula is C26H27N2O+. The summed E-state index contributed by atoms with van der Waals surface area (Å²) in [5, 5.41) is 0. The molecule has 0 aromatic heterocycles. The number of anilines is 1. The molecule has 3 saturated heterocycles. The molecule has 146 valence electrons. The molecule has 0 unspecified atom stereocenters. The molecular weight excluding hydrogens is 356 g/mol. The van der Waals surface area contributed by atoms with E-state index < -0.39 is 5.60 Å². The summed E-state index contributed by atoms with van der Waals surface area (Å²) in [5.74, 6) is 0. The van der Waals surface area contributed by atoms with Gasteiger partial charge in [0.05, 0.1) is 13.6 Å². The molecule has 3 aromatic rings. The molecule has 0 N–H and O–H groups in total. The fraction of sp³-hybridized carbons (Fsp3) is 0.308. The Morgan fingerprint density at radius 3 is 1.93 bits per heavy atom. The van der Waals surface area contributed by atoms with Gasteiger partial charge in [-0.2, -0.15) is 0 Å². The highest BCUT2D eigenvalue weighted by Crippen LogP contribution is 2.59. The van der Waals surface area contributed by atoms with E-state index in [1.54, 1.807) is 0 Å². The van der Waals surface area contributed by atoms with Gasteiger partial charge in [-0.15, -0.1) is 0 Å². The van der Waals surface area contributed by atoms with Gasteiger partial charge >= 0.3 is 0 Å². The second-order valence-electron chi connectivity index (χ2n) is 8.87. The summed E-state index contributed by atoms with van der Waals surface area (Å²) in [6, 6.07) is 33.6. The lowest BCUT2D eigenvalue weighted by atomic mass is 9.79. The molecule has 0 saturated carbocycles. The van der Waals surface area contributed by atoms with Crippen LogP contribution < -0.4 is 4.90 Å². The molecule has 29 heavy (non-hydrogen) atoms. The van der Waals surface area contributed by atoms with Gasteiger partial charge in [0.1, 0.15) is 12.1 Å². The highest BCUT2D eigenvalue weighted by Gasteiger charge is 2.73. The maximum absolute atomic E-state index is 7.25. The Hall–Kier alpha value is -2.62. The molecule has 3 aromatic carbocycles. The van der Waals surface area contributed by atoms with Crippen molar-refractivity contribution in [3.8, 4) is 0 Å². The third-order valence-electron chi connectivity index (χ3n) is 7.64. The van der Waals surface area contributed by atoms with Crippen LogP contribution in [0.5, 0.6) is 0 Å². The number of likely N-dealkylation sites (N-methyl/N-ethyl adjacent to an activating group) is 1. The molecule has 0 radical (unpaired) electrons. The van der Waals surface area contributed by atoms with E-state index in [4.69, 9.17) is 4.74 Å². The fourth-order valence-electron chi connectivity index (χ4n) is 6.31. The summed E-state index contributed by atoms with van der Waals surface area (Å²) in [4.78, 5) is 2.50. The SMILES string of the molecule is C[N@+]12[C@@H]3CC[C@H]1C(c1ccccc1)(c1ccccc1)O[C@H]2N(c1ccccc1)C3. The number of ether oxygens (including phenoxy) is 1. The topological polar surface area (TPSA) is 12.5 Å². The summed E-state index contributed by atoms with van der Waals surface area (Å²) in [6.07, 6.45) is 2.49. The van der Waals surface area contributed by atoms with E-state index in [2.05, 4.69) is 103 Å². The van der Waals surface area contributed by atoms with Gasteiger partial charge in [-0.25, -0.2) is 0 Å². The quantitative estimate of drug-likeness (QED) is 0.606. The fourth-order valence-corrected chi connectivity index (χ4v) is 6.31. The second-order valence-corrected chi connectivity index (χ2v) is 8.87. The van der Waals surface area contributed by atoms with Crippen LogP contribution in [0.3, 0.4) is 0 Å². The lowest BCUT2D eigenvalue weighted by molar-refractivity contribution is -0.950. The summed E-state index contributed by atoms with van der Waals surface area (Å²) in [7, 11) is 2.43. The normalized spacial score (nSPS) is 31.8. The van der Waals surface area contributed by atoms with E-state index >= 15 is 0 Å². The molecule has 0 aliphatic carbocycles. The van der Waals surface area contributed by atoms with Gasteiger partial charge in [0, 0.05) is 18.5 Å². The van der Waals surface area contributed by atoms with E-state index in [1.165, 1.54) is 29.7 Å². The first-order chi connectivity index (χ1) is 14.2. The maximum Gasteiger partial charge on any atom is 0.279 e. The minimum absolute atomic E-state index is 0.0373. The molecule has 3 heteroatoms. The number of rotatable bonds is 3. The van der Waals surface area contributed by atoms with Crippen molar-refractivity contribution in [2.45, 2.75) is 36.9 Å². The van der Waals surface area contributed by atoms with Crippen molar-refractivity contribution in [3.63, 3.8) is 0 Å². The largest absolute Gasteiger partial charge is 0.293 e. The highest BCUT2D eigenvalue weighted by atomic mass is 16.6. The second kappa shape index (κ2) is 6.19. The predicted octanol–water partition coefficient (Wildman–Crippen LogP) is 4.74. The third-order valence-corrected chi connectivity index (χ3v) is 7.64. The molecule has 4 atom stereocenters. The summed E-state index contributed by atoms with van der Waals surface area (Å²) in [5.41, 5.74) is 3.41. The smallest absolute Gasteiger partial charge is 0.279 e. The predicted molar refractivity (Wildman–Crippen MR) is 115 cm³/mol. The lowest BCUT2D eigenvalue weighted by Gasteiger charge is -2.37. The van der Waals surface area contributed by atoms with Crippen LogP contribution in [0.1, 0.15) is 24.0 Å². The zero-order chi connectivity index (χ0) is 19.5. The van der Waals surface area contributed by atoms with Crippen LogP contribution in [0.25, 0.3) is 0 Å². The van der Waals surface area contributed by atoms with Crippen molar-refractivity contribution in [3.05, 3.63) is 102 Å². The van der Waals surface area contributed by atoms with Gasteiger partial charge in [-0.3, -0.25) is 14.1 Å². The van der Waals surface area contributed by atoms with Crippen LogP contribution in [-0.4, -0.2) is 36.5 Å². The maximum atomic E-state index is 7.25. The van der Waals surface area contributed by atoms with Gasteiger partial charge in [-0.05, 0) is 23.3 Å². The molecule has 0 spiro atoms. The average molecular weight is 384 g/mol. The van der Waals surface area contributed by atoms with Crippen molar-refractivity contribution >= 4 is 5.69 Å². The summed E-state index contributed by atoms with van der Waals surface area (Å²) < 4.78 is 8.23. The first-order valence-electron chi connectivity index (χ1n) is 10.7. The Kier molecular flexibility index (Phi) is 3.68. The molecule has 3 aliphatic rings. The highest BCUT2D eigenvalue weighted by molar-refractivity contribution is 5.49. The number of para-hydroxylation sites is 1. The molecule has 3 fully saturated rings. The molecule has 3 aliphatic heterocycles. The molecule has 3 nitrogen and oxygen atoms in total. The van der Waals surface area contributed by atoms with E-state index in [0.29, 0.717) is 12.1 Å². The minimum atomic E-state index is -0.413. The summed E-state index contributed by atoms with van der Waals surface area (Å²) >= 11 is 0. The van der Waals surface area contributed by atoms with Gasteiger partial charge in [-0.1, -0.05) is 78.9 Å². The average Bonchev–Trinajstić information content (AvgIpc) is 3.37. The number of nitrogens with zero attached hydrogens (tertiary/aromatic N) is 2. The van der Waals surface area contributed by atoms with E-state index in [0.717, 1.165) is 11.0 Å². The molecule has 0 bridgehead atoms. The first-order valence-corrected chi connectivity index (χ1v) is 10.7. The molecule has 3 heterocycles. The third kappa shape index (κ3) is 2.20. The lowest BCUT2D eigenvalue weighted by Crippen LogP contribution is -2.55. The van der Waals surface area contributed by atoms with Crippen molar-refractivity contribution < 1.29 is 9.22 Å². The zero-order valence-electron chi connectivity index (χ0n) is 16.8. The zero-order valence-corrected chi connectivity index (χ0v) is 16.8. The summed E-state index contributed by atoms with van der Waals surface area (Å²) in [6.45, 7) is 1.07. The Labute approximate surface area is 172 Å². The number of quaternary nitrogens is 1. The van der Waals surface area contributed by atoms with E-state index in [-0.39, 0.29) is 6.35 Å². The van der Waals surface area contributed by atoms with Gasteiger partial charge < -0.3 is 0 Å². The van der Waals surface area contributed by atoms with Crippen LogP contribution >= 0.6 is 0 Å². The number of hydrogen-bond donors (Lipinski definition) is 0. The number of hydrogen-bond acceptors (Lipinski definition) is 2. The van der Waals surface area contributed by atoms with Crippen LogP contribution in [0, 0.1) is 0 Å². The Bertz CT molecular complexity index is 967. The van der Waals surface area contributed by atoms with Gasteiger partial charge in [0.25, 0.3) is 6.35 Å². The standard InChI is InChI=1S/C26H27N2O/c1-28-23-17-18-24(28)26(20-11-5-2-6-12-20,21-13-7-3-8-14-21)29-25(28)27(19-23)22-15-9-4-10-16-22/h2-16,23-25H,17-19H2,1H3/q+1/t23-,24+,25+,28+/m1/s1. The van der Waals surface area contributed by atoms with Crippen molar-refractivity contribution in [2.75, 3.05) is 18.5 Å². The van der Waals surface area contributed by atoms with Crippen LogP contribution in [-0.2, 0) is 10.3 Å². The Morgan fingerprint density at radius 1 is 0.793 bits per heavy atom. The van der Waals surface area contributed by atoms with Gasteiger partial charge in [0.15, 0.2) is 5.60 Å². The van der Waals surface area contributed by atoms with Gasteiger partial charge in [0.2, 0.25) is 0 Å². The van der Waals surface area contributed by atoms with Crippen LogP contribution in [0.15, 0.2) is 91.0 Å². The van der Waals surface area contributed by atoms with Crippen LogP contribution in [0.2, 0.25) is 0 Å². The first kappa shape index (κ1) is 17.3.